The molecule has 5 aromatic carbocycles. The van der Waals surface area contributed by atoms with Crippen molar-refractivity contribution in [3.8, 4) is 39.8 Å². The molecule has 11 rings (SSSR count). The quantitative estimate of drug-likeness (QED) is 0.101. The van der Waals surface area contributed by atoms with Crippen LogP contribution in [0.15, 0.2) is 138 Å². The largest absolute Gasteiger partial charge is 3.00 e. The smallest absolute Gasteiger partial charge is 0.501 e. The number of pyridine rings is 3. The number of nitriles is 1. The van der Waals surface area contributed by atoms with Crippen molar-refractivity contribution in [2.45, 2.75) is 108 Å². The number of benzene rings is 5. The van der Waals surface area contributed by atoms with E-state index in [1.165, 1.54) is 24.3 Å². The van der Waals surface area contributed by atoms with Gasteiger partial charge in [0.1, 0.15) is 5.58 Å². The molecule has 0 unspecified atom stereocenters. The summed E-state index contributed by atoms with van der Waals surface area (Å²) < 4.78 is 187. The third-order valence-corrected chi connectivity index (χ3v) is 12.5. The molecular weight excluding hydrogens is 1020 g/mol. The monoisotopic (exact) mass is 1100 g/mol. The van der Waals surface area contributed by atoms with Gasteiger partial charge in [-0.25, -0.2) is 0 Å². The van der Waals surface area contributed by atoms with Gasteiger partial charge in [-0.05, 0) is 156 Å². The molecule has 0 atom stereocenters. The van der Waals surface area contributed by atoms with E-state index in [0.29, 0.717) is 84.7 Å². The van der Waals surface area contributed by atoms with Crippen molar-refractivity contribution in [3.63, 3.8) is 0 Å². The molecule has 2 fully saturated rings. The summed E-state index contributed by atoms with van der Waals surface area (Å²) in [6, 6.07) is 35.1. The zero-order chi connectivity index (χ0) is 62.7. The van der Waals surface area contributed by atoms with Crippen LogP contribution in [0.1, 0.15) is 145 Å². The maximum atomic E-state index is 9.93. The van der Waals surface area contributed by atoms with Gasteiger partial charge in [0.25, 0.3) is 0 Å². The molecule has 4 heterocycles. The van der Waals surface area contributed by atoms with Crippen LogP contribution in [0.2, 0.25) is 0 Å². The molecule has 2 saturated carbocycles. The molecule has 0 saturated heterocycles. The Hall–Kier alpha value is -6.51. The molecular formula is C63H55IrN4O. The summed E-state index contributed by atoms with van der Waals surface area (Å²) in [5, 5.41) is 10.3. The summed E-state index contributed by atoms with van der Waals surface area (Å²) in [4.78, 5) is 13.5. The summed E-state index contributed by atoms with van der Waals surface area (Å²) in [5.74, 6) is -2.84. The molecule has 0 aliphatic heterocycles. The Balaban J connectivity index is 0.00000855. The van der Waals surface area contributed by atoms with Crippen molar-refractivity contribution < 1.29 is 50.6 Å². The first-order valence-corrected chi connectivity index (χ1v) is 22.7. The van der Waals surface area contributed by atoms with E-state index in [9.17, 15) is 24.5 Å². The number of aryl methyl sites for hydroxylation is 7. The predicted molar refractivity (Wildman–Crippen MR) is 273 cm³/mol. The summed E-state index contributed by atoms with van der Waals surface area (Å²) in [7, 11) is 0. The maximum absolute atomic E-state index is 9.93. The van der Waals surface area contributed by atoms with Gasteiger partial charge in [0, 0.05) is 47.3 Å². The van der Waals surface area contributed by atoms with Crippen LogP contribution in [0, 0.1) is 36.4 Å². The van der Waals surface area contributed by atoms with Crippen LogP contribution in [-0.4, -0.2) is 15.0 Å². The Kier molecular flexibility index (Phi) is 8.78. The van der Waals surface area contributed by atoms with Crippen molar-refractivity contribution in [1.29, 1.82) is 5.26 Å². The molecule has 0 radical (unpaired) electrons. The first-order chi connectivity index (χ1) is 40.8. The fraction of sp³-hybridized carbons (Fsp3) is 0.270. The number of hydrogen-bond acceptors (Lipinski definition) is 5. The second-order valence-electron chi connectivity index (χ2n) is 16.9. The Morgan fingerprint density at radius 3 is 1.74 bits per heavy atom. The molecule has 342 valence electrons. The summed E-state index contributed by atoms with van der Waals surface area (Å²) in [6.07, 6.45) is -13.5. The van der Waals surface area contributed by atoms with Gasteiger partial charge in [-0.3, -0.25) is 0 Å². The molecule has 0 N–H and O–H groups in total. The van der Waals surface area contributed by atoms with E-state index in [0.717, 1.165) is 42.9 Å². The van der Waals surface area contributed by atoms with Crippen molar-refractivity contribution in [2.24, 2.45) is 0 Å². The summed E-state index contributed by atoms with van der Waals surface area (Å²) in [5.41, 5.74) is -3.08. The van der Waals surface area contributed by atoms with E-state index in [1.807, 2.05) is 6.07 Å². The van der Waals surface area contributed by atoms with E-state index < -0.39 is 84.7 Å². The number of nitrogens with zero attached hydrogens (tertiary/aromatic N) is 4. The first kappa shape index (κ1) is 28.9. The van der Waals surface area contributed by atoms with Crippen molar-refractivity contribution in [3.05, 3.63) is 208 Å². The minimum absolute atomic E-state index is 0. The zero-order valence-corrected chi connectivity index (χ0v) is 39.6. The molecule has 0 amide bonds. The minimum atomic E-state index is -3.54. The average Bonchev–Trinajstić information content (AvgIpc) is 0.824. The van der Waals surface area contributed by atoms with Crippen molar-refractivity contribution >= 4 is 21.9 Å². The third kappa shape index (κ3) is 10.1. The third-order valence-electron chi connectivity index (χ3n) is 12.5. The fourth-order valence-corrected chi connectivity index (χ4v) is 9.05. The number of aromatic nitrogens is 3. The summed E-state index contributed by atoms with van der Waals surface area (Å²) >= 11 is 0. The first-order valence-electron chi connectivity index (χ1n) is 32.2. The van der Waals surface area contributed by atoms with Crippen LogP contribution in [0.25, 0.3) is 55.7 Å². The average molecular weight is 1100 g/mol. The van der Waals surface area contributed by atoms with Gasteiger partial charge in [0.15, 0.2) is 0 Å². The van der Waals surface area contributed by atoms with E-state index in [2.05, 4.69) is 33.2 Å². The van der Waals surface area contributed by atoms with E-state index in [-0.39, 0.29) is 82.4 Å². The van der Waals surface area contributed by atoms with E-state index in [4.69, 9.17) is 11.3 Å². The minimum Gasteiger partial charge on any atom is -0.501 e. The van der Waals surface area contributed by atoms with Crippen molar-refractivity contribution in [2.75, 3.05) is 0 Å². The molecule has 69 heavy (non-hydrogen) atoms. The van der Waals surface area contributed by atoms with Gasteiger partial charge in [0.05, 0.1) is 20.0 Å². The zero-order valence-electron chi connectivity index (χ0n) is 56.2. The Morgan fingerprint density at radius 1 is 0.652 bits per heavy atom. The topological polar surface area (TPSA) is 75.6 Å². The van der Waals surface area contributed by atoms with Crippen LogP contribution >= 0.6 is 0 Å². The number of furan rings is 1. The molecule has 0 bridgehead atoms. The molecule has 0 spiro atoms. The second kappa shape index (κ2) is 21.0. The van der Waals surface area contributed by atoms with Crippen molar-refractivity contribution in [1.82, 2.24) is 15.0 Å². The van der Waals surface area contributed by atoms with Gasteiger partial charge in [-0.1, -0.05) is 84.7 Å². The van der Waals surface area contributed by atoms with E-state index >= 15 is 0 Å². The maximum Gasteiger partial charge on any atom is 3.00 e. The Morgan fingerprint density at radius 2 is 1.20 bits per heavy atom. The number of hydrogen-bond donors (Lipinski definition) is 0. The summed E-state index contributed by atoms with van der Waals surface area (Å²) in [6.45, 7) is -3.22. The van der Waals surface area contributed by atoms with Gasteiger partial charge >= 0.3 is 20.1 Å². The number of rotatable bonds is 14. The van der Waals surface area contributed by atoms with Crippen LogP contribution in [0.3, 0.4) is 0 Å². The van der Waals surface area contributed by atoms with Gasteiger partial charge < -0.3 is 19.4 Å². The Bertz CT molecular complexity index is 4060. The molecule has 5 nitrogen and oxygen atoms in total. The molecule has 6 heteroatoms. The SMILES string of the molecule is [2H]c1cc2c(oc3c(-c4cc(C([2H])([2H])[2H])c(C([2H])([2H])C([2H])([2H])c5cc(C([2H])([2H])C([2H])([2H])c6cnc(-c7[c-]cccc7)cc6C6([2H])CCCC6)cc(C([2H])([2H])C([2H])([2H])c6cnc(-c7[c-]cccc7)cc6C6([2H])CCCC6)c5)cn4)[c-]ccc32)c([2H])c1C#N.[Ir+3]. The standard InChI is InChI=1S/C63H55N4O.Ir/c1-42-31-61(56-22-12-21-55-54-30-26-46(38-64)35-62(54)68-63(55)56)67-39-51(42)27-23-43-32-44(24-28-52-40-65-59(49-17-4-2-5-18-49)36-57(52)47-13-8-9-14-47)34-45(33-43)25-29-53-41-66-60(50-19-6-3-7-20-50)37-58(53)48-15-10-11-16-48;/h2-7,12,17,19,21,26,30-37,39-41,47-48H,8-11,13-16,23-25,27-29H2,1H3;/q-3;+3/i1D3,23D2,24D2,25D2,26D,27D2,28D2,29D2,35D,47D,48D;. The van der Waals surface area contributed by atoms with E-state index in [1.54, 1.807) is 54.6 Å². The van der Waals surface area contributed by atoms with Crippen LogP contribution < -0.4 is 0 Å². The van der Waals surface area contributed by atoms with Gasteiger partial charge in [0.2, 0.25) is 0 Å². The van der Waals surface area contributed by atoms with Gasteiger partial charge in [-0.2, -0.15) is 5.26 Å². The molecule has 9 aromatic rings. The van der Waals surface area contributed by atoms with Crippen LogP contribution in [0.5, 0.6) is 0 Å². The Labute approximate surface area is 447 Å². The molecule has 2 aliphatic carbocycles. The van der Waals surface area contributed by atoms with Crippen LogP contribution in [-0.2, 0) is 58.3 Å². The second-order valence-corrected chi connectivity index (χ2v) is 16.9. The fourth-order valence-electron chi connectivity index (χ4n) is 9.05. The van der Waals surface area contributed by atoms with Gasteiger partial charge in [-0.15, -0.1) is 90.0 Å². The predicted octanol–water partition coefficient (Wildman–Crippen LogP) is 15.0. The number of fused-ring (bicyclic) bond motifs is 3. The molecule has 2 aliphatic rings. The molecule has 4 aromatic heterocycles. The van der Waals surface area contributed by atoms with Crippen LogP contribution in [0.4, 0.5) is 0 Å². The normalized spacial score (nSPS) is 20.5.